The van der Waals surface area contributed by atoms with Crippen LogP contribution in [0.5, 0.6) is 5.75 Å². The van der Waals surface area contributed by atoms with E-state index in [0.717, 1.165) is 33.4 Å². The molecule has 2 aliphatic carbocycles. The zero-order chi connectivity index (χ0) is 17.9. The molecule has 3 heteroatoms. The maximum atomic E-state index is 13.3. The third-order valence-electron chi connectivity index (χ3n) is 5.67. The minimum atomic E-state index is -0.339. The zero-order valence-electron chi connectivity index (χ0n) is 14.6. The van der Waals surface area contributed by atoms with Crippen LogP contribution in [0.4, 0.5) is 0 Å². The number of aromatic hydroxyl groups is 1. The number of fused-ring (bicyclic) bond motifs is 3. The van der Waals surface area contributed by atoms with E-state index in [4.69, 9.17) is 5.26 Å². The molecule has 0 saturated carbocycles. The first-order valence-electron chi connectivity index (χ1n) is 8.56. The number of nitriles is 1. The summed E-state index contributed by atoms with van der Waals surface area (Å²) in [6, 6.07) is 11.3. The first kappa shape index (κ1) is 15.7. The summed E-state index contributed by atoms with van der Waals surface area (Å²) in [7, 11) is 0. The summed E-state index contributed by atoms with van der Waals surface area (Å²) in [4.78, 5) is 13.3. The topological polar surface area (TPSA) is 61.1 Å². The number of aryl methyl sites for hydroxylation is 1. The molecule has 0 unspecified atom stereocenters. The number of hydrogen-bond donors (Lipinski definition) is 1. The highest BCUT2D eigenvalue weighted by molar-refractivity contribution is 6.33. The van der Waals surface area contributed by atoms with Gasteiger partial charge < -0.3 is 5.11 Å². The number of ketones is 1. The van der Waals surface area contributed by atoms with Crippen molar-refractivity contribution in [3.05, 3.63) is 69.3 Å². The number of hydrogen-bond acceptors (Lipinski definition) is 3. The quantitative estimate of drug-likeness (QED) is 0.848. The first-order valence-corrected chi connectivity index (χ1v) is 8.56. The maximum absolute atomic E-state index is 13.3. The van der Waals surface area contributed by atoms with E-state index in [-0.39, 0.29) is 16.9 Å². The number of rotatable bonds is 1. The summed E-state index contributed by atoms with van der Waals surface area (Å²) in [6.45, 7) is 6.18. The predicted molar refractivity (Wildman–Crippen MR) is 96.6 cm³/mol. The smallest absolute Gasteiger partial charge is 0.193 e. The van der Waals surface area contributed by atoms with Crippen LogP contribution in [-0.2, 0) is 18.3 Å². The highest BCUT2D eigenvalue weighted by atomic mass is 16.3. The number of allylic oxidation sites excluding steroid dienone is 2. The molecule has 0 aliphatic heterocycles. The SMILES string of the molecule is CCc1cc2c(cc1O)C(C)(C)C1=C(C2=O)c2ccc(C#N)cc2C1. The fourth-order valence-electron chi connectivity index (χ4n) is 4.21. The van der Waals surface area contributed by atoms with Gasteiger partial charge in [-0.25, -0.2) is 0 Å². The molecule has 0 spiro atoms. The molecule has 0 fully saturated rings. The summed E-state index contributed by atoms with van der Waals surface area (Å²) in [5.74, 6) is 0.288. The molecule has 0 bridgehead atoms. The molecule has 2 aromatic carbocycles. The van der Waals surface area contributed by atoms with Gasteiger partial charge in [0.05, 0.1) is 11.6 Å². The van der Waals surface area contributed by atoms with Gasteiger partial charge in [0.1, 0.15) is 5.75 Å². The summed E-state index contributed by atoms with van der Waals surface area (Å²) in [6.07, 6.45) is 1.36. The summed E-state index contributed by atoms with van der Waals surface area (Å²) < 4.78 is 0. The van der Waals surface area contributed by atoms with Crippen molar-refractivity contribution < 1.29 is 9.90 Å². The molecule has 0 saturated heterocycles. The second-order valence-corrected chi connectivity index (χ2v) is 7.35. The molecule has 2 aliphatic rings. The lowest BCUT2D eigenvalue weighted by Gasteiger charge is -2.34. The van der Waals surface area contributed by atoms with Gasteiger partial charge in [0.2, 0.25) is 0 Å². The summed E-state index contributed by atoms with van der Waals surface area (Å²) in [5.41, 5.74) is 6.51. The average molecular weight is 329 g/mol. The predicted octanol–water partition coefficient (Wildman–Crippen LogP) is 4.31. The maximum Gasteiger partial charge on any atom is 0.193 e. The van der Waals surface area contributed by atoms with Gasteiger partial charge in [-0.2, -0.15) is 5.26 Å². The second kappa shape index (κ2) is 5.07. The van der Waals surface area contributed by atoms with E-state index in [1.807, 2.05) is 25.1 Å². The lowest BCUT2D eigenvalue weighted by Crippen LogP contribution is -2.30. The molecule has 25 heavy (non-hydrogen) atoms. The Balaban J connectivity index is 1.96. The number of carbonyl (C=O) groups excluding carboxylic acids is 1. The van der Waals surface area contributed by atoms with Crippen molar-refractivity contribution in [2.75, 3.05) is 0 Å². The van der Waals surface area contributed by atoms with Crippen molar-refractivity contribution in [2.24, 2.45) is 0 Å². The fraction of sp³-hybridized carbons (Fsp3) is 0.273. The third-order valence-corrected chi connectivity index (χ3v) is 5.67. The van der Waals surface area contributed by atoms with Gasteiger partial charge >= 0.3 is 0 Å². The number of nitrogens with zero attached hydrogens (tertiary/aromatic N) is 1. The Morgan fingerprint density at radius 2 is 1.96 bits per heavy atom. The van der Waals surface area contributed by atoms with Gasteiger partial charge in [-0.15, -0.1) is 0 Å². The zero-order valence-corrected chi connectivity index (χ0v) is 14.6. The Morgan fingerprint density at radius 1 is 1.20 bits per heavy atom. The lowest BCUT2D eigenvalue weighted by molar-refractivity contribution is 0.105. The van der Waals surface area contributed by atoms with E-state index in [0.29, 0.717) is 24.0 Å². The standard InChI is InChI=1S/C22H19NO2/c1-4-13-8-16-17(10-19(13)24)22(2,3)18-9-14-7-12(11-23)5-6-15(14)20(18)21(16)25/h5-8,10,24H,4,9H2,1-3H3. The molecular weight excluding hydrogens is 310 g/mol. The Bertz CT molecular complexity index is 1020. The molecule has 1 N–H and O–H groups in total. The molecule has 0 radical (unpaired) electrons. The van der Waals surface area contributed by atoms with E-state index < -0.39 is 0 Å². The van der Waals surface area contributed by atoms with Crippen LogP contribution in [0.25, 0.3) is 5.57 Å². The van der Waals surface area contributed by atoms with Gasteiger partial charge in [0.15, 0.2) is 5.78 Å². The Morgan fingerprint density at radius 3 is 2.64 bits per heavy atom. The minimum absolute atomic E-state index is 0.0301. The van der Waals surface area contributed by atoms with E-state index in [9.17, 15) is 9.90 Å². The highest BCUT2D eigenvalue weighted by Crippen LogP contribution is 2.50. The van der Waals surface area contributed by atoms with Crippen LogP contribution in [-0.4, -0.2) is 10.9 Å². The van der Waals surface area contributed by atoms with Gasteiger partial charge in [0, 0.05) is 16.6 Å². The minimum Gasteiger partial charge on any atom is -0.508 e. The molecule has 3 nitrogen and oxygen atoms in total. The molecule has 4 rings (SSSR count). The summed E-state index contributed by atoms with van der Waals surface area (Å²) >= 11 is 0. The Hall–Kier alpha value is -2.86. The lowest BCUT2D eigenvalue weighted by atomic mass is 9.68. The van der Waals surface area contributed by atoms with Crippen LogP contribution >= 0.6 is 0 Å². The molecule has 2 aromatic rings. The number of phenolic OH excluding ortho intramolecular Hbond substituents is 1. The highest BCUT2D eigenvalue weighted by Gasteiger charge is 2.43. The molecule has 0 aromatic heterocycles. The fourth-order valence-corrected chi connectivity index (χ4v) is 4.21. The van der Waals surface area contributed by atoms with Crippen LogP contribution in [0.15, 0.2) is 35.9 Å². The first-order chi connectivity index (χ1) is 11.9. The monoisotopic (exact) mass is 329 g/mol. The van der Waals surface area contributed by atoms with E-state index in [2.05, 4.69) is 19.9 Å². The van der Waals surface area contributed by atoms with Gasteiger partial charge in [-0.1, -0.05) is 26.8 Å². The van der Waals surface area contributed by atoms with Crippen molar-refractivity contribution in [2.45, 2.75) is 39.0 Å². The largest absolute Gasteiger partial charge is 0.508 e. The van der Waals surface area contributed by atoms with Crippen LogP contribution in [0.3, 0.4) is 0 Å². The van der Waals surface area contributed by atoms with E-state index >= 15 is 0 Å². The molecule has 124 valence electrons. The second-order valence-electron chi connectivity index (χ2n) is 7.35. The number of phenols is 1. The van der Waals surface area contributed by atoms with Gasteiger partial charge in [-0.3, -0.25) is 4.79 Å². The summed E-state index contributed by atoms with van der Waals surface area (Å²) in [5, 5.41) is 19.5. The molecular formula is C22H19NO2. The van der Waals surface area contributed by atoms with Crippen molar-refractivity contribution >= 4 is 11.4 Å². The number of benzene rings is 2. The molecule has 0 heterocycles. The van der Waals surface area contributed by atoms with E-state index in [1.54, 1.807) is 12.1 Å². The van der Waals surface area contributed by atoms with Crippen LogP contribution in [0.2, 0.25) is 0 Å². The van der Waals surface area contributed by atoms with Crippen molar-refractivity contribution in [1.82, 2.24) is 0 Å². The molecule has 0 atom stereocenters. The van der Waals surface area contributed by atoms with Crippen LogP contribution in [0, 0.1) is 11.3 Å². The van der Waals surface area contributed by atoms with Gasteiger partial charge in [-0.05, 0) is 64.9 Å². The van der Waals surface area contributed by atoms with Crippen molar-refractivity contribution in [1.29, 1.82) is 5.26 Å². The Labute approximate surface area is 147 Å². The third kappa shape index (κ3) is 2.01. The van der Waals surface area contributed by atoms with E-state index in [1.165, 1.54) is 0 Å². The number of carbonyl (C=O) groups is 1. The van der Waals surface area contributed by atoms with Gasteiger partial charge in [0.25, 0.3) is 0 Å². The number of Topliss-reactive ketones (excluding diaryl/α,β-unsaturated/α-hetero) is 1. The normalized spacial score (nSPS) is 17.0. The van der Waals surface area contributed by atoms with Crippen LogP contribution in [0.1, 0.15) is 58.9 Å². The molecule has 0 amide bonds. The van der Waals surface area contributed by atoms with Crippen molar-refractivity contribution in [3.63, 3.8) is 0 Å². The van der Waals surface area contributed by atoms with Crippen molar-refractivity contribution in [3.8, 4) is 11.8 Å². The average Bonchev–Trinajstić information content (AvgIpc) is 2.99. The Kier molecular flexibility index (Phi) is 3.17. The van der Waals surface area contributed by atoms with Crippen LogP contribution < -0.4 is 0 Å².